The van der Waals surface area contributed by atoms with Crippen molar-refractivity contribution in [3.05, 3.63) is 70.7 Å². The molecular formula is C31H33N7O7S. The number of carbonyl (C=O) groups excluding carboxylic acids is 5. The van der Waals surface area contributed by atoms with E-state index in [4.69, 9.17) is 14.9 Å². The van der Waals surface area contributed by atoms with E-state index in [2.05, 4.69) is 31.6 Å². The standard InChI is InChI=1S/C31H33N7O7S/c1-31(2,3)45-30(43)38-28-36-22(15-46-28)24(32)26(40)37-25-21(35-27(25)41)12-33-23(39)13-34-29(42)44-14-20-18-10-6-4-8-16(18)17-9-5-7-11-19(17)20/h4-11,15,20-21,25,32H,12-14H2,1-3H3,(H,33,39)(H,34,42)(H,35,41)(H,37,40)(H,36,38,43)/t21-,25+/m1/s1. The minimum atomic E-state index is -0.999. The molecule has 0 unspecified atom stereocenters. The fourth-order valence-electron chi connectivity index (χ4n) is 5.03. The summed E-state index contributed by atoms with van der Waals surface area (Å²) in [6.45, 7) is 4.84. The molecule has 1 aliphatic heterocycles. The van der Waals surface area contributed by atoms with Gasteiger partial charge in [-0.3, -0.25) is 25.1 Å². The number of rotatable bonds is 10. The molecule has 0 bridgehead atoms. The van der Waals surface area contributed by atoms with Crippen molar-refractivity contribution in [2.24, 2.45) is 0 Å². The van der Waals surface area contributed by atoms with Gasteiger partial charge in [0.25, 0.3) is 5.91 Å². The molecule has 5 amide bonds. The Morgan fingerprint density at radius 2 is 1.63 bits per heavy atom. The average Bonchev–Trinajstić information content (AvgIpc) is 3.60. The van der Waals surface area contributed by atoms with Crippen molar-refractivity contribution < 1.29 is 33.4 Å². The topological polar surface area (TPSA) is 201 Å². The number of nitrogens with one attached hydrogen (secondary N) is 6. The predicted molar refractivity (Wildman–Crippen MR) is 169 cm³/mol. The van der Waals surface area contributed by atoms with Crippen LogP contribution in [0.2, 0.25) is 0 Å². The highest BCUT2D eigenvalue weighted by atomic mass is 32.1. The molecule has 2 aromatic carbocycles. The zero-order valence-electron chi connectivity index (χ0n) is 25.3. The molecule has 3 aromatic rings. The minimum absolute atomic E-state index is 0.00236. The van der Waals surface area contributed by atoms with E-state index in [0.717, 1.165) is 33.6 Å². The number of alkyl carbamates (subject to hydrolysis) is 1. The first-order chi connectivity index (χ1) is 21.9. The molecule has 46 heavy (non-hydrogen) atoms. The quantitative estimate of drug-likeness (QED) is 0.142. The normalized spacial score (nSPS) is 16.5. The van der Waals surface area contributed by atoms with Crippen molar-refractivity contribution in [1.82, 2.24) is 26.3 Å². The smallest absolute Gasteiger partial charge is 0.413 e. The van der Waals surface area contributed by atoms with Crippen LogP contribution < -0.4 is 26.6 Å². The van der Waals surface area contributed by atoms with E-state index in [-0.39, 0.29) is 36.4 Å². The van der Waals surface area contributed by atoms with Gasteiger partial charge in [-0.2, -0.15) is 0 Å². The van der Waals surface area contributed by atoms with E-state index in [9.17, 15) is 24.0 Å². The van der Waals surface area contributed by atoms with Crippen molar-refractivity contribution >= 4 is 52.1 Å². The Morgan fingerprint density at radius 1 is 0.978 bits per heavy atom. The highest BCUT2D eigenvalue weighted by Crippen LogP contribution is 2.44. The maximum Gasteiger partial charge on any atom is 0.413 e. The zero-order chi connectivity index (χ0) is 33.0. The van der Waals surface area contributed by atoms with Crippen molar-refractivity contribution in [2.45, 2.75) is 44.4 Å². The Balaban J connectivity index is 1.03. The molecule has 1 fully saturated rings. The lowest BCUT2D eigenvalue weighted by Gasteiger charge is -2.37. The third kappa shape index (κ3) is 7.48. The number of hydrogen-bond acceptors (Lipinski definition) is 10. The van der Waals surface area contributed by atoms with Crippen LogP contribution in [0.1, 0.15) is 43.5 Å². The first-order valence-corrected chi connectivity index (χ1v) is 15.3. The molecular weight excluding hydrogens is 614 g/mol. The van der Waals surface area contributed by atoms with Gasteiger partial charge in [0.05, 0.1) is 12.6 Å². The lowest BCUT2D eigenvalue weighted by atomic mass is 9.98. The summed E-state index contributed by atoms with van der Waals surface area (Å²) in [5.41, 5.74) is 3.12. The molecule has 14 nitrogen and oxygen atoms in total. The first-order valence-electron chi connectivity index (χ1n) is 14.4. The van der Waals surface area contributed by atoms with Crippen LogP contribution in [0.4, 0.5) is 14.7 Å². The number of fused-ring (bicyclic) bond motifs is 3. The second-order valence-corrected chi connectivity index (χ2v) is 12.4. The number of amides is 5. The maximum absolute atomic E-state index is 12.7. The number of hydrogen-bond donors (Lipinski definition) is 6. The van der Waals surface area contributed by atoms with Crippen LogP contribution in [0.3, 0.4) is 0 Å². The minimum Gasteiger partial charge on any atom is -0.449 e. The summed E-state index contributed by atoms with van der Waals surface area (Å²) in [6.07, 6.45) is -1.47. The van der Waals surface area contributed by atoms with Crippen molar-refractivity contribution in [1.29, 1.82) is 5.41 Å². The number of benzene rings is 2. The van der Waals surface area contributed by atoms with Gasteiger partial charge in [-0.15, -0.1) is 11.3 Å². The lowest BCUT2D eigenvalue weighted by molar-refractivity contribution is -0.135. The summed E-state index contributed by atoms with van der Waals surface area (Å²) in [4.78, 5) is 65.5. The molecule has 1 saturated heterocycles. The number of aromatic nitrogens is 1. The van der Waals surface area contributed by atoms with Crippen LogP contribution in [0.5, 0.6) is 0 Å². The number of carbonyl (C=O) groups is 5. The third-order valence-electron chi connectivity index (χ3n) is 7.15. The Bertz CT molecular complexity index is 1650. The average molecular weight is 648 g/mol. The lowest BCUT2D eigenvalue weighted by Crippen LogP contribution is -2.72. The summed E-state index contributed by atoms with van der Waals surface area (Å²) in [5.74, 6) is -1.99. The Hall–Kier alpha value is -5.31. The van der Waals surface area contributed by atoms with E-state index in [1.807, 2.05) is 48.5 Å². The van der Waals surface area contributed by atoms with Crippen LogP contribution >= 0.6 is 11.3 Å². The first kappa shape index (κ1) is 32.1. The Kier molecular flexibility index (Phi) is 9.32. The highest BCUT2D eigenvalue weighted by Gasteiger charge is 2.41. The van der Waals surface area contributed by atoms with Gasteiger partial charge in [-0.05, 0) is 43.0 Å². The van der Waals surface area contributed by atoms with Gasteiger partial charge >= 0.3 is 12.2 Å². The molecule has 1 aliphatic carbocycles. The molecule has 15 heteroatoms. The molecule has 6 N–H and O–H groups in total. The summed E-state index contributed by atoms with van der Waals surface area (Å²) in [7, 11) is 0. The number of nitrogens with zero attached hydrogens (tertiary/aromatic N) is 1. The van der Waals surface area contributed by atoms with Crippen molar-refractivity contribution in [3.8, 4) is 11.1 Å². The van der Waals surface area contributed by atoms with Gasteiger partial charge in [-0.1, -0.05) is 48.5 Å². The second-order valence-electron chi connectivity index (χ2n) is 11.6. The Morgan fingerprint density at radius 3 is 2.26 bits per heavy atom. The van der Waals surface area contributed by atoms with Gasteiger partial charge in [0.15, 0.2) is 5.13 Å². The van der Waals surface area contributed by atoms with E-state index < -0.39 is 53.3 Å². The van der Waals surface area contributed by atoms with E-state index in [1.54, 1.807) is 20.8 Å². The number of anilines is 1. The zero-order valence-corrected chi connectivity index (χ0v) is 26.1. The number of β-lactam (4-membered cyclic amide) rings is 1. The van der Waals surface area contributed by atoms with Gasteiger partial charge in [0.1, 0.15) is 29.7 Å². The Labute approximate surface area is 268 Å². The third-order valence-corrected chi connectivity index (χ3v) is 7.91. The SMILES string of the molecule is CC(C)(C)OC(=O)Nc1nc(C(=N)C(=O)N[C@@H]2C(=O)N[C@@H]2CNC(=O)CNC(=O)OCC2c3ccccc3-c3ccccc32)cs1. The molecule has 5 rings (SSSR count). The molecule has 2 atom stereocenters. The molecule has 0 spiro atoms. The fourth-order valence-corrected chi connectivity index (χ4v) is 5.72. The summed E-state index contributed by atoms with van der Waals surface area (Å²) < 4.78 is 10.6. The van der Waals surface area contributed by atoms with Crippen molar-refractivity contribution in [3.63, 3.8) is 0 Å². The molecule has 2 heterocycles. The molecule has 2 aliphatic rings. The van der Waals surface area contributed by atoms with Crippen LogP contribution in [-0.4, -0.2) is 78.0 Å². The van der Waals surface area contributed by atoms with Gasteiger partial charge < -0.3 is 30.7 Å². The molecule has 1 aromatic heterocycles. The molecule has 240 valence electrons. The van der Waals surface area contributed by atoms with E-state index in [0.29, 0.717) is 0 Å². The number of thiazole rings is 1. The van der Waals surface area contributed by atoms with Gasteiger partial charge in [-0.25, -0.2) is 14.6 Å². The summed E-state index contributed by atoms with van der Waals surface area (Å²) in [5, 5.41) is 22.2. The van der Waals surface area contributed by atoms with Gasteiger partial charge in [0, 0.05) is 17.8 Å². The predicted octanol–water partition coefficient (Wildman–Crippen LogP) is 2.50. The number of ether oxygens (including phenoxy) is 2. The van der Waals surface area contributed by atoms with E-state index in [1.165, 1.54) is 5.38 Å². The van der Waals surface area contributed by atoms with Crippen molar-refractivity contribution in [2.75, 3.05) is 25.0 Å². The van der Waals surface area contributed by atoms with Crippen LogP contribution in [0.25, 0.3) is 11.1 Å². The van der Waals surface area contributed by atoms with Crippen LogP contribution in [0.15, 0.2) is 53.9 Å². The van der Waals surface area contributed by atoms with Crippen LogP contribution in [-0.2, 0) is 23.9 Å². The second kappa shape index (κ2) is 13.4. The fraction of sp³-hybridized carbons (Fsp3) is 0.323. The van der Waals surface area contributed by atoms with Gasteiger partial charge in [0.2, 0.25) is 11.8 Å². The largest absolute Gasteiger partial charge is 0.449 e. The molecule has 0 saturated carbocycles. The highest BCUT2D eigenvalue weighted by molar-refractivity contribution is 7.14. The molecule has 0 radical (unpaired) electrons. The monoisotopic (exact) mass is 647 g/mol. The summed E-state index contributed by atoms with van der Waals surface area (Å²) in [6, 6.07) is 14.3. The maximum atomic E-state index is 12.7. The van der Waals surface area contributed by atoms with Crippen LogP contribution in [0, 0.1) is 5.41 Å². The summed E-state index contributed by atoms with van der Waals surface area (Å²) >= 11 is 1.00. The van der Waals surface area contributed by atoms with E-state index >= 15 is 0 Å².